The Labute approximate surface area is 165 Å². The molecule has 1 atom stereocenters. The van der Waals surface area contributed by atoms with Crippen LogP contribution in [0.2, 0.25) is 0 Å². The molecule has 9 heteroatoms. The van der Waals surface area contributed by atoms with Gasteiger partial charge in [-0.1, -0.05) is 24.3 Å². The fourth-order valence-corrected chi connectivity index (χ4v) is 3.43. The first-order valence-electron chi connectivity index (χ1n) is 8.93. The van der Waals surface area contributed by atoms with Gasteiger partial charge in [-0.25, -0.2) is 4.79 Å². The number of hydrogen-bond donors (Lipinski definition) is 3. The maximum atomic E-state index is 13.0. The summed E-state index contributed by atoms with van der Waals surface area (Å²) in [6, 6.07) is 11.6. The summed E-state index contributed by atoms with van der Waals surface area (Å²) >= 11 is 0. The summed E-state index contributed by atoms with van der Waals surface area (Å²) in [4.78, 5) is 62.4. The fraction of sp³-hybridized carbons (Fsp3) is 0.150. The van der Waals surface area contributed by atoms with Crippen LogP contribution < -0.4 is 16.0 Å². The smallest absolute Gasteiger partial charge is 0.308 e. The van der Waals surface area contributed by atoms with Gasteiger partial charge in [-0.05, 0) is 30.7 Å². The molecule has 29 heavy (non-hydrogen) atoms. The molecule has 1 fully saturated rings. The Balaban J connectivity index is 1.58. The third kappa shape index (κ3) is 3.33. The lowest BCUT2D eigenvalue weighted by Crippen LogP contribution is -2.54. The molecule has 2 aliphatic heterocycles. The van der Waals surface area contributed by atoms with Crippen molar-refractivity contribution >= 4 is 41.0 Å². The van der Waals surface area contributed by atoms with E-state index in [0.717, 1.165) is 4.90 Å². The van der Waals surface area contributed by atoms with Gasteiger partial charge in [-0.3, -0.25) is 29.4 Å². The molecule has 0 radical (unpaired) electrons. The lowest BCUT2D eigenvalue weighted by Gasteiger charge is -2.27. The molecule has 1 saturated heterocycles. The molecule has 0 aliphatic carbocycles. The van der Waals surface area contributed by atoms with Crippen LogP contribution in [0.5, 0.6) is 0 Å². The molecule has 4 rings (SSSR count). The number of carbonyl (C=O) groups is 5. The quantitative estimate of drug-likeness (QED) is 0.686. The highest BCUT2D eigenvalue weighted by molar-refractivity contribution is 6.26. The predicted molar refractivity (Wildman–Crippen MR) is 102 cm³/mol. The Morgan fingerprint density at radius 1 is 0.931 bits per heavy atom. The van der Waals surface area contributed by atoms with E-state index in [1.54, 1.807) is 30.3 Å². The molecule has 2 aromatic rings. The minimum atomic E-state index is -1.06. The van der Waals surface area contributed by atoms with Crippen molar-refractivity contribution in [3.05, 3.63) is 59.7 Å². The van der Waals surface area contributed by atoms with E-state index in [1.165, 1.54) is 18.2 Å². The van der Waals surface area contributed by atoms with E-state index in [2.05, 4.69) is 16.0 Å². The van der Waals surface area contributed by atoms with Crippen LogP contribution in [0.15, 0.2) is 48.5 Å². The summed E-state index contributed by atoms with van der Waals surface area (Å²) in [5, 5.41) is 7.36. The molecule has 2 aliphatic rings. The Hall–Kier alpha value is -4.01. The number of para-hydroxylation sites is 1. The lowest BCUT2D eigenvalue weighted by atomic mass is 10.0. The topological polar surface area (TPSA) is 125 Å². The minimum Gasteiger partial charge on any atom is -0.308 e. The van der Waals surface area contributed by atoms with E-state index in [4.69, 9.17) is 0 Å². The zero-order valence-corrected chi connectivity index (χ0v) is 15.1. The second-order valence-corrected chi connectivity index (χ2v) is 6.62. The molecule has 0 bridgehead atoms. The molecule has 146 valence electrons. The molecule has 0 aromatic heterocycles. The highest BCUT2D eigenvalue weighted by atomic mass is 16.2. The molecule has 3 N–H and O–H groups in total. The molecule has 2 heterocycles. The Morgan fingerprint density at radius 3 is 2.41 bits per heavy atom. The largest absolute Gasteiger partial charge is 0.323 e. The number of nitrogens with zero attached hydrogens (tertiary/aromatic N) is 1. The molecule has 9 nitrogen and oxygen atoms in total. The van der Waals surface area contributed by atoms with Crippen LogP contribution in [0.3, 0.4) is 0 Å². The van der Waals surface area contributed by atoms with Crippen LogP contribution in [0.25, 0.3) is 0 Å². The van der Waals surface area contributed by atoms with E-state index in [0.29, 0.717) is 5.69 Å². The summed E-state index contributed by atoms with van der Waals surface area (Å²) < 4.78 is 0. The van der Waals surface area contributed by atoms with Gasteiger partial charge in [0.1, 0.15) is 6.04 Å². The van der Waals surface area contributed by atoms with Crippen molar-refractivity contribution in [1.82, 2.24) is 10.2 Å². The molecular formula is C20H16N4O5. The van der Waals surface area contributed by atoms with Gasteiger partial charge in [0.2, 0.25) is 11.8 Å². The van der Waals surface area contributed by atoms with Crippen molar-refractivity contribution in [3.63, 3.8) is 0 Å². The van der Waals surface area contributed by atoms with Crippen molar-refractivity contribution in [2.24, 2.45) is 0 Å². The molecule has 2 aromatic carbocycles. The first-order chi connectivity index (χ1) is 14.0. The van der Waals surface area contributed by atoms with Crippen LogP contribution in [-0.2, 0) is 9.59 Å². The minimum absolute atomic E-state index is 0.0189. The average molecular weight is 392 g/mol. The first kappa shape index (κ1) is 18.4. The zero-order valence-electron chi connectivity index (χ0n) is 15.1. The van der Waals surface area contributed by atoms with Crippen LogP contribution in [0.4, 0.5) is 16.2 Å². The summed E-state index contributed by atoms with van der Waals surface area (Å²) in [5.41, 5.74) is 0.830. The number of hydrogen-bond acceptors (Lipinski definition) is 5. The number of nitrogens with one attached hydrogen (secondary N) is 3. The number of amides is 6. The molecule has 6 amide bonds. The van der Waals surface area contributed by atoms with Gasteiger partial charge in [-0.2, -0.15) is 0 Å². The van der Waals surface area contributed by atoms with E-state index in [9.17, 15) is 24.0 Å². The number of fused-ring (bicyclic) bond motifs is 1. The highest BCUT2D eigenvalue weighted by Crippen LogP contribution is 2.32. The maximum absolute atomic E-state index is 13.0. The Kier molecular flexibility index (Phi) is 4.55. The van der Waals surface area contributed by atoms with E-state index < -0.39 is 35.7 Å². The third-order valence-electron chi connectivity index (χ3n) is 4.75. The van der Waals surface area contributed by atoms with Crippen molar-refractivity contribution < 1.29 is 24.0 Å². The van der Waals surface area contributed by atoms with Gasteiger partial charge in [0.05, 0.1) is 16.8 Å². The monoisotopic (exact) mass is 392 g/mol. The number of benzene rings is 2. The highest BCUT2D eigenvalue weighted by Gasteiger charge is 2.45. The van der Waals surface area contributed by atoms with Gasteiger partial charge in [0.25, 0.3) is 11.8 Å². The van der Waals surface area contributed by atoms with Gasteiger partial charge in [-0.15, -0.1) is 0 Å². The second kappa shape index (κ2) is 7.19. The summed E-state index contributed by atoms with van der Waals surface area (Å²) in [6.45, 7) is 0. The SMILES string of the molecule is O=C1CCC(N2C(=O)c3cccc(NC(=O)Nc4ccccc4)c3C2=O)C(=O)N1. The van der Waals surface area contributed by atoms with Crippen LogP contribution >= 0.6 is 0 Å². The van der Waals surface area contributed by atoms with Crippen LogP contribution in [-0.4, -0.2) is 40.6 Å². The Bertz CT molecular complexity index is 1050. The zero-order chi connectivity index (χ0) is 20.5. The molecule has 0 spiro atoms. The third-order valence-corrected chi connectivity index (χ3v) is 4.75. The average Bonchev–Trinajstić information content (AvgIpc) is 2.94. The van der Waals surface area contributed by atoms with Crippen molar-refractivity contribution in [3.8, 4) is 0 Å². The number of carbonyl (C=O) groups excluding carboxylic acids is 5. The Morgan fingerprint density at radius 2 is 1.69 bits per heavy atom. The van der Waals surface area contributed by atoms with E-state index in [-0.39, 0.29) is 29.7 Å². The van der Waals surface area contributed by atoms with Gasteiger partial charge in [0, 0.05) is 12.1 Å². The van der Waals surface area contributed by atoms with Crippen molar-refractivity contribution in [2.45, 2.75) is 18.9 Å². The summed E-state index contributed by atoms with van der Waals surface area (Å²) in [7, 11) is 0. The number of piperidine rings is 1. The van der Waals surface area contributed by atoms with Gasteiger partial charge >= 0.3 is 6.03 Å². The maximum Gasteiger partial charge on any atom is 0.323 e. The second-order valence-electron chi connectivity index (χ2n) is 6.62. The number of anilines is 2. The van der Waals surface area contributed by atoms with Crippen molar-refractivity contribution in [2.75, 3.05) is 10.6 Å². The van der Waals surface area contributed by atoms with Crippen molar-refractivity contribution in [1.29, 1.82) is 0 Å². The first-order valence-corrected chi connectivity index (χ1v) is 8.93. The lowest BCUT2D eigenvalue weighted by molar-refractivity contribution is -0.136. The van der Waals surface area contributed by atoms with Gasteiger partial charge < -0.3 is 10.6 Å². The van der Waals surface area contributed by atoms with Gasteiger partial charge in [0.15, 0.2) is 0 Å². The predicted octanol–water partition coefficient (Wildman–Crippen LogP) is 1.73. The molecular weight excluding hydrogens is 376 g/mol. The van der Waals surface area contributed by atoms with E-state index in [1.807, 2.05) is 0 Å². The summed E-state index contributed by atoms with van der Waals surface area (Å²) in [6.07, 6.45) is 0.0990. The van der Waals surface area contributed by atoms with Crippen LogP contribution in [0.1, 0.15) is 33.6 Å². The number of urea groups is 1. The normalized spacial score (nSPS) is 18.3. The van der Waals surface area contributed by atoms with E-state index >= 15 is 0 Å². The number of rotatable bonds is 3. The fourth-order valence-electron chi connectivity index (χ4n) is 3.43. The van der Waals surface area contributed by atoms with Crippen LogP contribution in [0, 0.1) is 0 Å². The molecule has 0 saturated carbocycles. The number of imide groups is 2. The standard InChI is InChI=1S/C20H16N4O5/c25-15-10-9-14(17(26)23-15)24-18(27)12-7-4-8-13(16(12)19(24)28)22-20(29)21-11-5-2-1-3-6-11/h1-8,14H,9-10H2,(H2,21,22,29)(H,23,25,26). The molecule has 1 unspecified atom stereocenters. The summed E-state index contributed by atoms with van der Waals surface area (Å²) in [5.74, 6) is -2.45.